The van der Waals surface area contributed by atoms with Gasteiger partial charge in [0.2, 0.25) is 5.91 Å². The van der Waals surface area contributed by atoms with E-state index in [4.69, 9.17) is 25.8 Å². The summed E-state index contributed by atoms with van der Waals surface area (Å²) in [5, 5.41) is 3.24. The normalized spacial score (nSPS) is 12.2. The molecule has 0 radical (unpaired) electrons. The molecule has 0 saturated heterocycles. The maximum atomic E-state index is 11.8. The number of hydrogen-bond donors (Lipinski definition) is 1. The lowest BCUT2D eigenvalue weighted by molar-refractivity contribution is -0.117. The Morgan fingerprint density at radius 1 is 1.39 bits per heavy atom. The Balaban J connectivity index is 2.82. The van der Waals surface area contributed by atoms with Crippen molar-refractivity contribution >= 4 is 23.6 Å². The molecule has 1 unspecified atom stereocenters. The molecule has 6 heteroatoms. The first-order valence-corrected chi connectivity index (χ1v) is 7.87. The van der Waals surface area contributed by atoms with E-state index in [1.165, 1.54) is 6.08 Å². The zero-order chi connectivity index (χ0) is 17.2. The Labute approximate surface area is 142 Å². The van der Waals surface area contributed by atoms with Crippen molar-refractivity contribution < 1.29 is 19.0 Å². The summed E-state index contributed by atoms with van der Waals surface area (Å²) < 4.78 is 15.9. The van der Waals surface area contributed by atoms with E-state index in [1.54, 1.807) is 32.4 Å². The average Bonchev–Trinajstić information content (AvgIpc) is 2.51. The zero-order valence-corrected chi connectivity index (χ0v) is 14.8. The molecule has 0 bridgehead atoms. The number of carbonyl (C=O) groups is 1. The summed E-state index contributed by atoms with van der Waals surface area (Å²) in [6.07, 6.45) is 4.00. The molecule has 1 amide bonds. The molecule has 0 aliphatic carbocycles. The van der Waals surface area contributed by atoms with E-state index in [2.05, 4.69) is 5.32 Å². The summed E-state index contributed by atoms with van der Waals surface area (Å²) in [5.41, 5.74) is 0.755. The highest BCUT2D eigenvalue weighted by Crippen LogP contribution is 2.36. The van der Waals surface area contributed by atoms with Gasteiger partial charge in [-0.25, -0.2) is 0 Å². The molecule has 1 N–H and O–H groups in total. The van der Waals surface area contributed by atoms with Crippen LogP contribution in [0.25, 0.3) is 6.08 Å². The number of rotatable bonds is 9. The molecular formula is C17H24ClNO4. The monoisotopic (exact) mass is 341 g/mol. The molecule has 5 nitrogen and oxygen atoms in total. The highest BCUT2D eigenvalue weighted by molar-refractivity contribution is 6.32. The van der Waals surface area contributed by atoms with Crippen LogP contribution in [-0.2, 0) is 9.53 Å². The molecule has 0 aromatic heterocycles. The van der Waals surface area contributed by atoms with Gasteiger partial charge in [0.05, 0.1) is 25.3 Å². The summed E-state index contributed by atoms with van der Waals surface area (Å²) in [6.45, 7) is 4.91. The zero-order valence-electron chi connectivity index (χ0n) is 14.0. The lowest BCUT2D eigenvalue weighted by Crippen LogP contribution is -2.34. The van der Waals surface area contributed by atoms with Crippen molar-refractivity contribution in [2.45, 2.75) is 26.3 Å². The van der Waals surface area contributed by atoms with Crippen LogP contribution in [0.4, 0.5) is 0 Å². The number of carbonyl (C=O) groups excluding carboxylic acids is 1. The van der Waals surface area contributed by atoms with Crippen LogP contribution in [0.1, 0.15) is 25.8 Å². The van der Waals surface area contributed by atoms with Crippen molar-refractivity contribution in [3.63, 3.8) is 0 Å². The van der Waals surface area contributed by atoms with E-state index in [1.807, 2.05) is 13.8 Å². The summed E-state index contributed by atoms with van der Waals surface area (Å²) in [7, 11) is 3.14. The number of halogens is 1. The van der Waals surface area contributed by atoms with Crippen LogP contribution >= 0.6 is 11.6 Å². The lowest BCUT2D eigenvalue weighted by Gasteiger charge is -2.13. The predicted octanol–water partition coefficient (Wildman–Crippen LogP) is 3.30. The third kappa shape index (κ3) is 6.50. The number of hydrogen-bond acceptors (Lipinski definition) is 4. The predicted molar refractivity (Wildman–Crippen MR) is 92.3 cm³/mol. The fourth-order valence-corrected chi connectivity index (χ4v) is 2.21. The third-order valence-electron chi connectivity index (χ3n) is 2.93. The van der Waals surface area contributed by atoms with Gasteiger partial charge in [0, 0.05) is 19.2 Å². The summed E-state index contributed by atoms with van der Waals surface area (Å²) in [6, 6.07) is 3.46. The summed E-state index contributed by atoms with van der Waals surface area (Å²) >= 11 is 6.23. The van der Waals surface area contributed by atoms with E-state index < -0.39 is 0 Å². The second-order valence-corrected chi connectivity index (χ2v) is 5.49. The summed E-state index contributed by atoms with van der Waals surface area (Å²) in [5.74, 6) is 0.862. The molecule has 23 heavy (non-hydrogen) atoms. The van der Waals surface area contributed by atoms with Gasteiger partial charge < -0.3 is 19.5 Å². The van der Waals surface area contributed by atoms with Gasteiger partial charge in [-0.2, -0.15) is 0 Å². The van der Waals surface area contributed by atoms with Crippen LogP contribution in [-0.4, -0.2) is 39.4 Å². The van der Waals surface area contributed by atoms with Crippen LogP contribution in [0.15, 0.2) is 18.2 Å². The van der Waals surface area contributed by atoms with Crippen molar-refractivity contribution in [2.75, 3.05) is 27.4 Å². The molecule has 0 aliphatic heterocycles. The third-order valence-corrected chi connectivity index (χ3v) is 3.22. The Morgan fingerprint density at radius 3 is 2.74 bits per heavy atom. The lowest BCUT2D eigenvalue weighted by atomic mass is 10.2. The maximum absolute atomic E-state index is 11.8. The van der Waals surface area contributed by atoms with Gasteiger partial charge in [-0.3, -0.25) is 4.79 Å². The number of ether oxygens (including phenoxy) is 3. The minimum absolute atomic E-state index is 0.0555. The van der Waals surface area contributed by atoms with E-state index >= 15 is 0 Å². The number of methoxy groups -OCH3 is 2. The molecule has 1 rings (SSSR count). The molecule has 1 aromatic carbocycles. The van der Waals surface area contributed by atoms with Crippen molar-refractivity contribution in [3.8, 4) is 11.5 Å². The van der Waals surface area contributed by atoms with Crippen molar-refractivity contribution in [2.24, 2.45) is 0 Å². The first kappa shape index (κ1) is 19.3. The fraction of sp³-hybridized carbons (Fsp3) is 0.471. The average molecular weight is 342 g/mol. The molecule has 0 heterocycles. The van der Waals surface area contributed by atoms with E-state index in [0.29, 0.717) is 29.7 Å². The Bertz CT molecular complexity index is 546. The van der Waals surface area contributed by atoms with E-state index in [-0.39, 0.29) is 11.9 Å². The van der Waals surface area contributed by atoms with Crippen LogP contribution in [0.2, 0.25) is 5.02 Å². The van der Waals surface area contributed by atoms with Crippen molar-refractivity contribution in [3.05, 3.63) is 28.8 Å². The SMILES string of the molecule is CCCOc1c(Cl)cc(/C=C/C(=O)NC(C)COC)cc1OC. The van der Waals surface area contributed by atoms with E-state index in [9.17, 15) is 4.79 Å². The van der Waals surface area contributed by atoms with Gasteiger partial charge in [0.15, 0.2) is 11.5 Å². The van der Waals surface area contributed by atoms with Gasteiger partial charge >= 0.3 is 0 Å². The minimum atomic E-state index is -0.198. The summed E-state index contributed by atoms with van der Waals surface area (Å²) in [4.78, 5) is 11.8. The molecule has 1 aromatic rings. The molecule has 128 valence electrons. The molecule has 0 fully saturated rings. The largest absolute Gasteiger partial charge is 0.493 e. The van der Waals surface area contributed by atoms with Gasteiger partial charge in [0.1, 0.15) is 0 Å². The Hall–Kier alpha value is -1.72. The standard InChI is InChI=1S/C17H24ClNO4/c1-5-8-23-17-14(18)9-13(10-15(17)22-4)6-7-16(20)19-12(2)11-21-3/h6-7,9-10,12H,5,8,11H2,1-4H3,(H,19,20)/b7-6+. The fourth-order valence-electron chi connectivity index (χ4n) is 1.93. The van der Waals surface area contributed by atoms with Gasteiger partial charge in [-0.1, -0.05) is 18.5 Å². The highest BCUT2D eigenvalue weighted by Gasteiger charge is 2.11. The second kappa shape index (κ2) is 10.1. The Kier molecular flexibility index (Phi) is 8.51. The smallest absolute Gasteiger partial charge is 0.244 e. The quantitative estimate of drug-likeness (QED) is 0.700. The van der Waals surface area contributed by atoms with Crippen molar-refractivity contribution in [1.82, 2.24) is 5.32 Å². The van der Waals surface area contributed by atoms with E-state index in [0.717, 1.165) is 12.0 Å². The van der Waals surface area contributed by atoms with Gasteiger partial charge in [-0.05, 0) is 37.1 Å². The highest BCUT2D eigenvalue weighted by atomic mass is 35.5. The van der Waals surface area contributed by atoms with Crippen LogP contribution in [0.5, 0.6) is 11.5 Å². The topological polar surface area (TPSA) is 56.8 Å². The molecule has 0 spiro atoms. The second-order valence-electron chi connectivity index (χ2n) is 5.08. The molecule has 0 saturated carbocycles. The Morgan fingerprint density at radius 2 is 2.13 bits per heavy atom. The van der Waals surface area contributed by atoms with Gasteiger partial charge in [-0.15, -0.1) is 0 Å². The molecular weight excluding hydrogens is 318 g/mol. The van der Waals surface area contributed by atoms with Gasteiger partial charge in [0.25, 0.3) is 0 Å². The van der Waals surface area contributed by atoms with Crippen LogP contribution in [0.3, 0.4) is 0 Å². The minimum Gasteiger partial charge on any atom is -0.493 e. The molecule has 1 atom stereocenters. The number of amides is 1. The van der Waals surface area contributed by atoms with Crippen LogP contribution < -0.4 is 14.8 Å². The first-order valence-electron chi connectivity index (χ1n) is 7.49. The van der Waals surface area contributed by atoms with Crippen LogP contribution in [0, 0.1) is 0 Å². The number of nitrogens with one attached hydrogen (secondary N) is 1. The molecule has 0 aliphatic rings. The first-order chi connectivity index (χ1) is 11.0. The van der Waals surface area contributed by atoms with Crippen molar-refractivity contribution in [1.29, 1.82) is 0 Å². The maximum Gasteiger partial charge on any atom is 0.244 e. The number of benzene rings is 1.